The Labute approximate surface area is 201 Å². The molecule has 5 N–H and O–H groups in total. The Hall–Kier alpha value is -3.81. The van der Waals surface area contributed by atoms with E-state index in [-0.39, 0.29) is 17.4 Å². The molecule has 3 aromatic rings. The van der Waals surface area contributed by atoms with Gasteiger partial charge in [0.1, 0.15) is 29.1 Å². The zero-order valence-corrected chi connectivity index (χ0v) is 19.3. The highest BCUT2D eigenvalue weighted by atomic mass is 32.2. The number of anilines is 3. The van der Waals surface area contributed by atoms with Crippen LogP contribution >= 0.6 is 11.8 Å². The fourth-order valence-corrected chi connectivity index (χ4v) is 4.58. The first-order valence-corrected chi connectivity index (χ1v) is 11.8. The lowest BCUT2D eigenvalue weighted by Gasteiger charge is -2.35. The molecule has 0 atom stereocenters. The van der Waals surface area contributed by atoms with Gasteiger partial charge in [0.25, 0.3) is 0 Å². The van der Waals surface area contributed by atoms with Gasteiger partial charge in [-0.25, -0.2) is 9.97 Å². The summed E-state index contributed by atoms with van der Waals surface area (Å²) in [5, 5.41) is 20.3. The molecule has 0 saturated carbocycles. The van der Waals surface area contributed by atoms with Crippen LogP contribution in [0.2, 0.25) is 0 Å². The van der Waals surface area contributed by atoms with Crippen molar-refractivity contribution in [2.24, 2.45) is 0 Å². The highest BCUT2D eigenvalue weighted by molar-refractivity contribution is 7.99. The maximum absolute atomic E-state index is 10.9. The minimum Gasteiger partial charge on any atom is -0.481 e. The highest BCUT2D eigenvalue weighted by Gasteiger charge is 2.24. The number of benzene rings is 1. The summed E-state index contributed by atoms with van der Waals surface area (Å²) in [5.74, 6) is -0.261. The molecule has 0 amide bonds. The van der Waals surface area contributed by atoms with Gasteiger partial charge in [-0.1, -0.05) is 54.2 Å². The number of nitrogens with two attached hydrogens (primary N) is 2. The number of carboxylic acid groups (broad SMARTS) is 1. The predicted molar refractivity (Wildman–Crippen MR) is 136 cm³/mol. The number of thioether (sulfide) groups is 1. The summed E-state index contributed by atoms with van der Waals surface area (Å²) >= 11 is 1.04. The third-order valence-electron chi connectivity index (χ3n) is 5.60. The first-order chi connectivity index (χ1) is 16.5. The van der Waals surface area contributed by atoms with Crippen molar-refractivity contribution in [3.05, 3.63) is 53.6 Å². The maximum Gasteiger partial charge on any atom is 0.313 e. The van der Waals surface area contributed by atoms with Crippen LogP contribution in [0.3, 0.4) is 0 Å². The Bertz CT molecular complexity index is 1270. The van der Waals surface area contributed by atoms with Crippen molar-refractivity contribution in [3.8, 4) is 6.07 Å². The van der Waals surface area contributed by atoms with E-state index in [0.717, 1.165) is 31.4 Å². The summed E-state index contributed by atoms with van der Waals surface area (Å²) < 4.78 is 0. The van der Waals surface area contributed by atoms with Crippen LogP contribution in [-0.4, -0.2) is 64.4 Å². The van der Waals surface area contributed by atoms with E-state index in [2.05, 4.69) is 50.1 Å². The number of carbonyl (C=O) groups is 1. The minimum absolute atomic E-state index is 0.133. The molecule has 1 aliphatic rings. The van der Waals surface area contributed by atoms with Gasteiger partial charge < -0.3 is 21.5 Å². The normalized spacial score (nSPS) is 14.5. The number of piperazine rings is 1. The van der Waals surface area contributed by atoms with Gasteiger partial charge in [-0.2, -0.15) is 5.26 Å². The highest BCUT2D eigenvalue weighted by Crippen LogP contribution is 2.35. The van der Waals surface area contributed by atoms with Crippen molar-refractivity contribution in [3.63, 3.8) is 0 Å². The molecule has 10 heteroatoms. The zero-order valence-electron chi connectivity index (χ0n) is 18.5. The average molecular weight is 476 g/mol. The van der Waals surface area contributed by atoms with E-state index >= 15 is 0 Å². The number of nitrogen functional groups attached to an aromatic ring is 2. The van der Waals surface area contributed by atoms with Crippen molar-refractivity contribution >= 4 is 52.0 Å². The Morgan fingerprint density at radius 1 is 1.15 bits per heavy atom. The predicted octanol–water partition coefficient (Wildman–Crippen LogP) is 2.68. The SMILES string of the molecule is N#Cc1c(N2CCN(CC=Cc3ccccc3)CC2)nc(N)c2c(N)nc(SCC(=O)O)cc12. The van der Waals surface area contributed by atoms with Gasteiger partial charge >= 0.3 is 5.97 Å². The Balaban J connectivity index is 1.53. The van der Waals surface area contributed by atoms with Gasteiger partial charge in [0.05, 0.1) is 16.2 Å². The third-order valence-corrected chi connectivity index (χ3v) is 6.50. The average Bonchev–Trinajstić information content (AvgIpc) is 2.83. The Morgan fingerprint density at radius 3 is 2.53 bits per heavy atom. The molecular weight excluding hydrogens is 450 g/mol. The van der Waals surface area contributed by atoms with Gasteiger partial charge in [-0.3, -0.25) is 9.69 Å². The smallest absolute Gasteiger partial charge is 0.313 e. The Kier molecular flexibility index (Phi) is 7.15. The molecule has 1 fully saturated rings. The number of pyridine rings is 2. The van der Waals surface area contributed by atoms with Crippen molar-refractivity contribution in [1.29, 1.82) is 5.26 Å². The summed E-state index contributed by atoms with van der Waals surface area (Å²) in [7, 11) is 0. The molecule has 2 aromatic heterocycles. The third kappa shape index (κ3) is 5.22. The van der Waals surface area contributed by atoms with Crippen LogP contribution in [0.5, 0.6) is 0 Å². The molecule has 34 heavy (non-hydrogen) atoms. The number of hydrogen-bond donors (Lipinski definition) is 3. The van der Waals surface area contributed by atoms with Crippen LogP contribution < -0.4 is 16.4 Å². The van der Waals surface area contributed by atoms with E-state index in [4.69, 9.17) is 16.6 Å². The molecule has 0 radical (unpaired) electrons. The quantitative estimate of drug-likeness (QED) is 0.436. The second-order valence-corrected chi connectivity index (χ2v) is 8.85. The summed E-state index contributed by atoms with van der Waals surface area (Å²) in [6.07, 6.45) is 4.27. The van der Waals surface area contributed by atoms with Crippen molar-refractivity contribution in [1.82, 2.24) is 14.9 Å². The lowest BCUT2D eigenvalue weighted by molar-refractivity contribution is -0.133. The van der Waals surface area contributed by atoms with Crippen LogP contribution in [0, 0.1) is 11.3 Å². The molecule has 174 valence electrons. The lowest BCUT2D eigenvalue weighted by atomic mass is 10.1. The lowest BCUT2D eigenvalue weighted by Crippen LogP contribution is -2.47. The van der Waals surface area contributed by atoms with Gasteiger partial charge in [0.2, 0.25) is 0 Å². The first-order valence-electron chi connectivity index (χ1n) is 10.8. The topological polar surface area (TPSA) is 145 Å². The number of carboxylic acids is 1. The van der Waals surface area contributed by atoms with E-state index in [1.165, 1.54) is 5.56 Å². The monoisotopic (exact) mass is 475 g/mol. The molecule has 0 aliphatic carbocycles. The molecule has 3 heterocycles. The van der Waals surface area contributed by atoms with Gasteiger partial charge in [-0.05, 0) is 11.6 Å². The molecule has 9 nitrogen and oxygen atoms in total. The molecule has 0 unspecified atom stereocenters. The van der Waals surface area contributed by atoms with Crippen molar-refractivity contribution in [2.45, 2.75) is 5.03 Å². The Morgan fingerprint density at radius 2 is 1.85 bits per heavy atom. The molecule has 1 aliphatic heterocycles. The van der Waals surface area contributed by atoms with E-state index in [9.17, 15) is 10.1 Å². The number of aromatic nitrogens is 2. The molecule has 1 aromatic carbocycles. The van der Waals surface area contributed by atoms with Gasteiger partial charge in [0.15, 0.2) is 0 Å². The largest absolute Gasteiger partial charge is 0.481 e. The van der Waals surface area contributed by atoms with E-state index in [1.807, 2.05) is 18.2 Å². The molecule has 4 rings (SSSR count). The summed E-state index contributed by atoms with van der Waals surface area (Å²) in [6.45, 7) is 3.89. The summed E-state index contributed by atoms with van der Waals surface area (Å²) in [4.78, 5) is 24.1. The number of aliphatic carboxylic acids is 1. The van der Waals surface area contributed by atoms with E-state index < -0.39 is 5.97 Å². The number of nitriles is 1. The number of rotatable bonds is 7. The van der Waals surface area contributed by atoms with Crippen LogP contribution in [-0.2, 0) is 4.79 Å². The fraction of sp³-hybridized carbons (Fsp3) is 0.250. The minimum atomic E-state index is -0.961. The van der Waals surface area contributed by atoms with Gasteiger partial charge in [-0.15, -0.1) is 0 Å². The van der Waals surface area contributed by atoms with Gasteiger partial charge in [0, 0.05) is 38.1 Å². The van der Waals surface area contributed by atoms with E-state index in [0.29, 0.717) is 40.3 Å². The molecule has 1 saturated heterocycles. The van der Waals surface area contributed by atoms with Crippen LogP contribution in [0.4, 0.5) is 17.5 Å². The standard InChI is InChI=1S/C24H25N7O2S/c25-14-18-17-13-19(34-15-20(32)33)28-22(26)21(17)23(27)29-24(18)31-11-9-30(10-12-31)8-4-7-16-5-2-1-3-6-16/h1-7,13H,8-12,15H2,(H2,26,28)(H2,27,29)(H,32,33). The number of hydrogen-bond acceptors (Lipinski definition) is 9. The first kappa shape index (κ1) is 23.4. The molecular formula is C24H25N7O2S. The zero-order chi connectivity index (χ0) is 24.1. The maximum atomic E-state index is 10.9. The van der Waals surface area contributed by atoms with Crippen LogP contribution in [0.1, 0.15) is 11.1 Å². The van der Waals surface area contributed by atoms with Crippen LogP contribution in [0.25, 0.3) is 16.8 Å². The fourth-order valence-electron chi connectivity index (χ4n) is 3.95. The van der Waals surface area contributed by atoms with Crippen LogP contribution in [0.15, 0.2) is 47.5 Å². The number of nitrogens with zero attached hydrogens (tertiary/aromatic N) is 5. The second kappa shape index (κ2) is 10.4. The molecule has 0 bridgehead atoms. The van der Waals surface area contributed by atoms with E-state index in [1.54, 1.807) is 6.07 Å². The molecule has 0 spiro atoms. The summed E-state index contributed by atoms with van der Waals surface area (Å²) in [5.41, 5.74) is 13.9. The summed E-state index contributed by atoms with van der Waals surface area (Å²) in [6, 6.07) is 14.1. The van der Waals surface area contributed by atoms with Crippen molar-refractivity contribution in [2.75, 3.05) is 54.8 Å². The van der Waals surface area contributed by atoms with Crippen molar-refractivity contribution < 1.29 is 9.90 Å². The second-order valence-electron chi connectivity index (χ2n) is 7.86. The number of fused-ring (bicyclic) bond motifs is 1.